The molecule has 0 saturated carbocycles. The highest BCUT2D eigenvalue weighted by atomic mass is 16.6. The van der Waals surface area contributed by atoms with E-state index in [1.54, 1.807) is 0 Å². The summed E-state index contributed by atoms with van der Waals surface area (Å²) in [5.74, 6) is -0.873. The molecule has 82 heavy (non-hydrogen) atoms. The van der Waals surface area contributed by atoms with Gasteiger partial charge in [-0.2, -0.15) is 0 Å². The Morgan fingerprint density at radius 3 is 0.744 bits per heavy atom. The number of rotatable bonds is 65. The lowest BCUT2D eigenvalue weighted by Crippen LogP contribution is -2.30. The predicted octanol–water partition coefficient (Wildman–Crippen LogP) is 24.6. The maximum atomic E-state index is 12.9. The summed E-state index contributed by atoms with van der Waals surface area (Å²) in [5.41, 5.74) is 0. The van der Waals surface area contributed by atoms with Crippen LogP contribution in [-0.4, -0.2) is 37.2 Å². The molecule has 0 rings (SSSR count). The van der Waals surface area contributed by atoms with Gasteiger partial charge in [0.2, 0.25) is 0 Å². The molecule has 0 heterocycles. The van der Waals surface area contributed by atoms with E-state index in [9.17, 15) is 14.4 Å². The molecule has 0 aromatic carbocycles. The molecular formula is C76H134O6. The number of hydrogen-bond acceptors (Lipinski definition) is 6. The van der Waals surface area contributed by atoms with Crippen molar-refractivity contribution in [2.75, 3.05) is 13.2 Å². The lowest BCUT2D eigenvalue weighted by molar-refractivity contribution is -0.167. The van der Waals surface area contributed by atoms with E-state index in [0.717, 1.165) is 109 Å². The lowest BCUT2D eigenvalue weighted by atomic mass is 10.0. The van der Waals surface area contributed by atoms with E-state index in [0.29, 0.717) is 19.3 Å². The van der Waals surface area contributed by atoms with Crippen LogP contribution in [0.2, 0.25) is 0 Å². The highest BCUT2D eigenvalue weighted by Gasteiger charge is 2.19. The van der Waals surface area contributed by atoms with Crippen molar-refractivity contribution in [1.82, 2.24) is 0 Å². The fraction of sp³-hybridized carbons (Fsp3) is 0.776. The Morgan fingerprint density at radius 2 is 0.476 bits per heavy atom. The summed E-state index contributed by atoms with van der Waals surface area (Å²) in [5, 5.41) is 0. The Hall–Kier alpha value is -3.41. The number of carbonyl (C=O) groups is 3. The molecule has 1 atom stereocenters. The monoisotopic (exact) mass is 1140 g/mol. The maximum Gasteiger partial charge on any atom is 0.306 e. The third-order valence-electron chi connectivity index (χ3n) is 15.7. The molecule has 1 unspecified atom stereocenters. The van der Waals surface area contributed by atoms with Gasteiger partial charge in [-0.25, -0.2) is 0 Å². The maximum absolute atomic E-state index is 12.9. The van der Waals surface area contributed by atoms with E-state index >= 15 is 0 Å². The van der Waals surface area contributed by atoms with Crippen LogP contribution in [0.25, 0.3) is 0 Å². The molecule has 6 heteroatoms. The summed E-state index contributed by atoms with van der Waals surface area (Å²) in [6, 6.07) is 0. The van der Waals surface area contributed by atoms with Gasteiger partial charge < -0.3 is 14.2 Å². The minimum absolute atomic E-state index is 0.0744. The lowest BCUT2D eigenvalue weighted by Gasteiger charge is -2.18. The smallest absolute Gasteiger partial charge is 0.306 e. The van der Waals surface area contributed by atoms with Crippen LogP contribution >= 0.6 is 0 Å². The molecule has 474 valence electrons. The molecule has 0 saturated heterocycles. The second kappa shape index (κ2) is 70.1. The summed E-state index contributed by atoms with van der Waals surface area (Å²) in [6.45, 7) is 6.51. The van der Waals surface area contributed by atoms with Gasteiger partial charge in [0.1, 0.15) is 13.2 Å². The fourth-order valence-electron chi connectivity index (χ4n) is 10.4. The van der Waals surface area contributed by atoms with Crippen molar-refractivity contribution in [3.63, 3.8) is 0 Å². The molecule has 0 aliphatic carbocycles. The largest absolute Gasteiger partial charge is 0.462 e. The Balaban J connectivity index is 4.03. The van der Waals surface area contributed by atoms with Gasteiger partial charge >= 0.3 is 17.9 Å². The van der Waals surface area contributed by atoms with Crippen molar-refractivity contribution in [3.05, 3.63) is 85.1 Å². The van der Waals surface area contributed by atoms with Gasteiger partial charge in [-0.1, -0.05) is 350 Å². The highest BCUT2D eigenvalue weighted by Crippen LogP contribution is 2.18. The van der Waals surface area contributed by atoms with Crippen molar-refractivity contribution in [3.8, 4) is 0 Å². The van der Waals surface area contributed by atoms with Crippen LogP contribution < -0.4 is 0 Å². The zero-order valence-electron chi connectivity index (χ0n) is 54.5. The zero-order valence-corrected chi connectivity index (χ0v) is 54.5. The van der Waals surface area contributed by atoms with Crippen molar-refractivity contribution in [2.24, 2.45) is 0 Å². The second-order valence-electron chi connectivity index (χ2n) is 23.8. The number of hydrogen-bond donors (Lipinski definition) is 0. The summed E-state index contributed by atoms with van der Waals surface area (Å²) in [4.78, 5) is 38.1. The van der Waals surface area contributed by atoms with E-state index < -0.39 is 6.10 Å². The molecule has 0 fully saturated rings. The van der Waals surface area contributed by atoms with Gasteiger partial charge in [-0.3, -0.25) is 14.4 Å². The van der Waals surface area contributed by atoms with Crippen LogP contribution in [0.1, 0.15) is 361 Å². The van der Waals surface area contributed by atoms with Crippen molar-refractivity contribution in [2.45, 2.75) is 367 Å². The second-order valence-corrected chi connectivity index (χ2v) is 23.8. The molecule has 0 aliphatic rings. The molecule has 0 aromatic rings. The van der Waals surface area contributed by atoms with E-state index in [2.05, 4.69) is 106 Å². The van der Waals surface area contributed by atoms with Gasteiger partial charge in [0.15, 0.2) is 6.10 Å². The fourth-order valence-corrected chi connectivity index (χ4v) is 10.4. The van der Waals surface area contributed by atoms with E-state index in [1.165, 1.54) is 212 Å². The van der Waals surface area contributed by atoms with E-state index in [4.69, 9.17) is 14.2 Å². The quantitative estimate of drug-likeness (QED) is 0.0261. The van der Waals surface area contributed by atoms with Crippen LogP contribution in [0.5, 0.6) is 0 Å². The number of allylic oxidation sites excluding steroid dienone is 14. The van der Waals surface area contributed by atoms with E-state index in [1.807, 2.05) is 0 Å². The Bertz CT molecular complexity index is 1550. The molecule has 0 spiro atoms. The summed E-state index contributed by atoms with van der Waals surface area (Å²) in [7, 11) is 0. The van der Waals surface area contributed by atoms with Gasteiger partial charge in [-0.05, 0) is 77.0 Å². The first-order chi connectivity index (χ1) is 40.5. The third kappa shape index (κ3) is 67.4. The van der Waals surface area contributed by atoms with Gasteiger partial charge in [0.25, 0.3) is 0 Å². The Labute approximate surface area is 509 Å². The topological polar surface area (TPSA) is 78.9 Å². The molecule has 0 amide bonds. The van der Waals surface area contributed by atoms with Crippen LogP contribution in [0, 0.1) is 0 Å². The molecule has 0 radical (unpaired) electrons. The number of carbonyl (C=O) groups excluding carboxylic acids is 3. The first-order valence-corrected chi connectivity index (χ1v) is 35.6. The summed E-state index contributed by atoms with van der Waals surface area (Å²) >= 11 is 0. The first-order valence-electron chi connectivity index (χ1n) is 35.6. The Morgan fingerprint density at radius 1 is 0.256 bits per heavy atom. The molecule has 0 aliphatic heterocycles. The van der Waals surface area contributed by atoms with Crippen molar-refractivity contribution in [1.29, 1.82) is 0 Å². The molecule has 0 aromatic heterocycles. The first kappa shape index (κ1) is 78.6. The van der Waals surface area contributed by atoms with Gasteiger partial charge in [-0.15, -0.1) is 0 Å². The SMILES string of the molecule is CC/C=C\C/C=C\C/C=C\C/C=C\C/C=C\C/C=C\C/C=C\CCCCCCCCCCCC(=O)OCC(COC(=O)CCCCCCCC)OC(=O)CCCCCCCCCCCCCCCCCCCCCCCCCCCCC. The average Bonchev–Trinajstić information content (AvgIpc) is 3.47. The van der Waals surface area contributed by atoms with E-state index in [-0.39, 0.29) is 31.1 Å². The molecule has 0 N–H and O–H groups in total. The molecular weight excluding hydrogens is 1010 g/mol. The Kier molecular flexibility index (Phi) is 67.2. The summed E-state index contributed by atoms with van der Waals surface area (Å²) in [6.07, 6.45) is 93.7. The van der Waals surface area contributed by atoms with Crippen molar-refractivity contribution < 1.29 is 28.6 Å². The zero-order chi connectivity index (χ0) is 59.2. The minimum Gasteiger partial charge on any atom is -0.462 e. The van der Waals surface area contributed by atoms with Crippen LogP contribution in [-0.2, 0) is 28.6 Å². The van der Waals surface area contributed by atoms with Gasteiger partial charge in [0, 0.05) is 19.3 Å². The number of unbranched alkanes of at least 4 members (excludes halogenated alkanes) is 40. The normalized spacial score (nSPS) is 12.6. The average molecular weight is 1140 g/mol. The third-order valence-corrected chi connectivity index (χ3v) is 15.7. The number of esters is 3. The number of ether oxygens (including phenoxy) is 3. The molecule has 6 nitrogen and oxygen atoms in total. The van der Waals surface area contributed by atoms with Crippen LogP contribution in [0.4, 0.5) is 0 Å². The van der Waals surface area contributed by atoms with Crippen LogP contribution in [0.15, 0.2) is 85.1 Å². The molecule has 0 bridgehead atoms. The van der Waals surface area contributed by atoms with Crippen molar-refractivity contribution >= 4 is 17.9 Å². The standard InChI is InChI=1S/C76H134O6/c1-4-7-10-13-16-18-20-22-24-26-28-30-32-34-36-37-38-39-41-42-44-46-48-50-52-54-56-58-60-63-66-69-75(78)81-72-73(71-80-74(77)68-65-62-15-12-9-6-3)82-76(79)70-67-64-61-59-57-55-53-51-49-47-45-43-40-35-33-31-29-27-25-23-21-19-17-14-11-8-5-2/h7,10,16,18,22,24,28,30,34,36,38-39,42,44,73H,4-6,8-9,11-15,17,19-21,23,25-27,29,31-33,35,37,40-41,43,45-72H2,1-3H3/b10-7-,18-16-,24-22-,30-28-,36-34-,39-38-,44-42-. The summed E-state index contributed by atoms with van der Waals surface area (Å²) < 4.78 is 16.9. The highest BCUT2D eigenvalue weighted by molar-refractivity contribution is 5.71. The van der Waals surface area contributed by atoms with Gasteiger partial charge in [0.05, 0.1) is 0 Å². The van der Waals surface area contributed by atoms with Crippen LogP contribution in [0.3, 0.4) is 0 Å². The minimum atomic E-state index is -0.775. The predicted molar refractivity (Wildman–Crippen MR) is 358 cm³/mol.